The standard InChI is InChI=1S/C15H25NO3/c16-14(12-7-11-1-2-13(12)19-11)10-3-5-18-15(8-10)4-6-17-9-15/h10-14H,1-9,16H2. The molecule has 4 aliphatic rings. The van der Waals surface area contributed by atoms with E-state index in [4.69, 9.17) is 19.9 Å². The minimum atomic E-state index is -0.0149. The summed E-state index contributed by atoms with van der Waals surface area (Å²) in [5.41, 5.74) is 6.60. The zero-order chi connectivity index (χ0) is 12.9. The van der Waals surface area contributed by atoms with Crippen LogP contribution in [0, 0.1) is 11.8 Å². The van der Waals surface area contributed by atoms with Crippen LogP contribution in [0.1, 0.15) is 38.5 Å². The Labute approximate surface area is 115 Å². The summed E-state index contributed by atoms with van der Waals surface area (Å²) < 4.78 is 17.5. The van der Waals surface area contributed by atoms with Crippen LogP contribution in [-0.2, 0) is 14.2 Å². The van der Waals surface area contributed by atoms with E-state index in [1.165, 1.54) is 19.3 Å². The monoisotopic (exact) mass is 267 g/mol. The van der Waals surface area contributed by atoms with E-state index in [1.54, 1.807) is 0 Å². The third kappa shape index (κ3) is 2.13. The molecule has 0 saturated carbocycles. The van der Waals surface area contributed by atoms with E-state index in [2.05, 4.69) is 0 Å². The first-order valence-electron chi connectivity index (χ1n) is 7.89. The van der Waals surface area contributed by atoms with E-state index in [0.29, 0.717) is 24.0 Å². The molecule has 108 valence electrons. The van der Waals surface area contributed by atoms with Crippen molar-refractivity contribution in [3.63, 3.8) is 0 Å². The molecule has 2 bridgehead atoms. The zero-order valence-electron chi connectivity index (χ0n) is 11.6. The molecule has 4 saturated heterocycles. The van der Waals surface area contributed by atoms with Crippen molar-refractivity contribution in [2.24, 2.45) is 17.6 Å². The molecule has 19 heavy (non-hydrogen) atoms. The van der Waals surface area contributed by atoms with Crippen molar-refractivity contribution in [2.45, 2.75) is 62.4 Å². The smallest absolute Gasteiger partial charge is 0.0939 e. The van der Waals surface area contributed by atoms with E-state index < -0.39 is 0 Å². The summed E-state index contributed by atoms with van der Waals surface area (Å²) in [6.45, 7) is 2.46. The van der Waals surface area contributed by atoms with Gasteiger partial charge in [0.25, 0.3) is 0 Å². The summed E-state index contributed by atoms with van der Waals surface area (Å²) in [6, 6.07) is 0.289. The number of fused-ring (bicyclic) bond motifs is 2. The average molecular weight is 267 g/mol. The summed E-state index contributed by atoms with van der Waals surface area (Å²) in [5, 5.41) is 0. The van der Waals surface area contributed by atoms with E-state index in [-0.39, 0.29) is 11.6 Å². The molecule has 0 aliphatic carbocycles. The number of hydrogen-bond donors (Lipinski definition) is 1. The highest BCUT2D eigenvalue weighted by Crippen LogP contribution is 2.44. The summed E-state index contributed by atoms with van der Waals surface area (Å²) in [6.07, 6.45) is 7.85. The van der Waals surface area contributed by atoms with E-state index in [1.807, 2.05) is 0 Å². The fraction of sp³-hybridized carbons (Fsp3) is 1.00. The van der Waals surface area contributed by atoms with Crippen molar-refractivity contribution in [3.05, 3.63) is 0 Å². The summed E-state index contributed by atoms with van der Waals surface area (Å²) >= 11 is 0. The van der Waals surface area contributed by atoms with Crippen molar-refractivity contribution in [3.8, 4) is 0 Å². The van der Waals surface area contributed by atoms with Crippen LogP contribution in [0.5, 0.6) is 0 Å². The predicted molar refractivity (Wildman–Crippen MR) is 70.8 cm³/mol. The maximum atomic E-state index is 6.61. The van der Waals surface area contributed by atoms with Crippen LogP contribution >= 0.6 is 0 Å². The van der Waals surface area contributed by atoms with Crippen LogP contribution < -0.4 is 5.73 Å². The minimum Gasteiger partial charge on any atom is -0.378 e. The fourth-order valence-corrected chi connectivity index (χ4v) is 4.69. The Balaban J connectivity index is 1.43. The van der Waals surface area contributed by atoms with Gasteiger partial charge in [-0.15, -0.1) is 0 Å². The fourth-order valence-electron chi connectivity index (χ4n) is 4.69. The van der Waals surface area contributed by atoms with Crippen molar-refractivity contribution in [1.82, 2.24) is 0 Å². The lowest BCUT2D eigenvalue weighted by Gasteiger charge is -2.41. The second-order valence-corrected chi connectivity index (χ2v) is 6.94. The van der Waals surface area contributed by atoms with Gasteiger partial charge in [-0.05, 0) is 38.0 Å². The highest BCUT2D eigenvalue weighted by atomic mass is 16.6. The van der Waals surface area contributed by atoms with Crippen LogP contribution in [0.3, 0.4) is 0 Å². The quantitative estimate of drug-likeness (QED) is 0.823. The Kier molecular flexibility index (Phi) is 3.10. The Hall–Kier alpha value is -0.160. The maximum Gasteiger partial charge on any atom is 0.0939 e. The normalized spacial score (nSPS) is 51.0. The lowest BCUT2D eigenvalue weighted by atomic mass is 9.73. The van der Waals surface area contributed by atoms with Gasteiger partial charge in [0.1, 0.15) is 0 Å². The summed E-state index contributed by atoms with van der Waals surface area (Å²) in [5.74, 6) is 1.17. The second kappa shape index (κ2) is 4.69. The van der Waals surface area contributed by atoms with Crippen LogP contribution in [-0.4, -0.2) is 43.7 Å². The third-order valence-electron chi connectivity index (χ3n) is 5.79. The van der Waals surface area contributed by atoms with Crippen LogP contribution in [0.15, 0.2) is 0 Å². The molecule has 1 spiro atoms. The van der Waals surface area contributed by atoms with Gasteiger partial charge in [0.2, 0.25) is 0 Å². The molecule has 0 amide bonds. The van der Waals surface area contributed by atoms with Crippen molar-refractivity contribution in [1.29, 1.82) is 0 Å². The molecule has 6 atom stereocenters. The highest BCUT2D eigenvalue weighted by molar-refractivity contribution is 5.00. The zero-order valence-corrected chi connectivity index (χ0v) is 11.6. The largest absolute Gasteiger partial charge is 0.378 e. The molecule has 4 heterocycles. The van der Waals surface area contributed by atoms with E-state index in [0.717, 1.165) is 39.1 Å². The first-order valence-corrected chi connectivity index (χ1v) is 7.89. The van der Waals surface area contributed by atoms with E-state index in [9.17, 15) is 0 Å². The molecule has 2 N–H and O–H groups in total. The summed E-state index contributed by atoms with van der Waals surface area (Å²) in [7, 11) is 0. The first-order chi connectivity index (χ1) is 9.26. The van der Waals surface area contributed by atoms with Crippen molar-refractivity contribution >= 4 is 0 Å². The Bertz CT molecular complexity index is 342. The lowest BCUT2D eigenvalue weighted by molar-refractivity contribution is -0.105. The Morgan fingerprint density at radius 2 is 2.11 bits per heavy atom. The van der Waals surface area contributed by atoms with Gasteiger partial charge in [-0.2, -0.15) is 0 Å². The molecule has 0 aromatic heterocycles. The molecule has 0 aromatic rings. The van der Waals surface area contributed by atoms with Gasteiger partial charge < -0.3 is 19.9 Å². The minimum absolute atomic E-state index is 0.0149. The Morgan fingerprint density at radius 3 is 2.79 bits per heavy atom. The van der Waals surface area contributed by atoms with Crippen LogP contribution in [0.2, 0.25) is 0 Å². The van der Waals surface area contributed by atoms with Gasteiger partial charge in [-0.25, -0.2) is 0 Å². The molecule has 4 nitrogen and oxygen atoms in total. The van der Waals surface area contributed by atoms with Gasteiger partial charge in [0.15, 0.2) is 0 Å². The molecule has 6 unspecified atom stereocenters. The molecule has 4 heteroatoms. The number of nitrogens with two attached hydrogens (primary N) is 1. The van der Waals surface area contributed by atoms with Gasteiger partial charge in [-0.1, -0.05) is 0 Å². The van der Waals surface area contributed by atoms with Crippen molar-refractivity contribution in [2.75, 3.05) is 19.8 Å². The van der Waals surface area contributed by atoms with Gasteiger partial charge in [0.05, 0.1) is 24.4 Å². The molecule has 0 radical (unpaired) electrons. The molecule has 4 fully saturated rings. The molecular weight excluding hydrogens is 242 g/mol. The average Bonchev–Trinajstić information content (AvgIpc) is 3.14. The second-order valence-electron chi connectivity index (χ2n) is 6.94. The maximum absolute atomic E-state index is 6.61. The number of ether oxygens (including phenoxy) is 3. The number of hydrogen-bond acceptors (Lipinski definition) is 4. The molecule has 0 aromatic carbocycles. The summed E-state index contributed by atoms with van der Waals surface area (Å²) in [4.78, 5) is 0. The first kappa shape index (κ1) is 12.6. The van der Waals surface area contributed by atoms with Gasteiger partial charge in [0, 0.05) is 31.6 Å². The topological polar surface area (TPSA) is 53.7 Å². The van der Waals surface area contributed by atoms with Crippen LogP contribution in [0.25, 0.3) is 0 Å². The number of rotatable bonds is 2. The Morgan fingerprint density at radius 1 is 1.16 bits per heavy atom. The lowest BCUT2D eigenvalue weighted by Crippen LogP contribution is -2.49. The highest BCUT2D eigenvalue weighted by Gasteiger charge is 2.48. The van der Waals surface area contributed by atoms with Crippen LogP contribution in [0.4, 0.5) is 0 Å². The molecule has 4 aliphatic heterocycles. The third-order valence-corrected chi connectivity index (χ3v) is 5.79. The van der Waals surface area contributed by atoms with Crippen molar-refractivity contribution < 1.29 is 14.2 Å². The van der Waals surface area contributed by atoms with Gasteiger partial charge in [-0.3, -0.25) is 0 Å². The molecule has 4 rings (SSSR count). The van der Waals surface area contributed by atoms with E-state index >= 15 is 0 Å². The molecular formula is C15H25NO3. The van der Waals surface area contributed by atoms with Gasteiger partial charge >= 0.3 is 0 Å². The predicted octanol–water partition coefficient (Wildman–Crippen LogP) is 1.47. The SMILES string of the molecule is NC(C1CCOC2(CCOC2)C1)C1CC2CCC1O2.